The number of carbonyl (C=O) groups is 7. The molecule has 3 atom stereocenters. The van der Waals surface area contributed by atoms with Crippen LogP contribution in [0.3, 0.4) is 0 Å². The molecule has 0 saturated carbocycles. The lowest BCUT2D eigenvalue weighted by Gasteiger charge is -2.25. The molecule has 4 amide bonds. The molecule has 0 heterocycles. The van der Waals surface area contributed by atoms with E-state index < -0.39 is 72.0 Å². The average molecular weight is 837 g/mol. The third kappa shape index (κ3) is 12.6. The predicted octanol–water partition coefficient (Wildman–Crippen LogP) is 4.32. The lowest BCUT2D eigenvalue weighted by Crippen LogP contribution is -2.57. The molecule has 0 aliphatic heterocycles. The number of aromatic carboxylic acids is 1. The number of alkyl carbamates (subject to hydrolysis) is 1. The number of nitrogens with two attached hydrogens (primary N) is 1. The van der Waals surface area contributed by atoms with Crippen molar-refractivity contribution in [2.45, 2.75) is 70.2 Å². The number of carboxylic acids is 2. The minimum Gasteiger partial charge on any atom is -0.481 e. The van der Waals surface area contributed by atoms with Crippen molar-refractivity contribution in [3.05, 3.63) is 125 Å². The number of hydrogen-bond acceptors (Lipinski definition) is 10. The average Bonchev–Trinajstić information content (AvgIpc) is 3.55. The van der Waals surface area contributed by atoms with E-state index in [2.05, 4.69) is 16.0 Å². The summed E-state index contributed by atoms with van der Waals surface area (Å²) >= 11 is 0. The van der Waals surface area contributed by atoms with Crippen LogP contribution in [0, 0.1) is 5.92 Å². The topological polar surface area (TPSA) is 250 Å². The van der Waals surface area contributed by atoms with Gasteiger partial charge in [-0.1, -0.05) is 98.8 Å². The Morgan fingerprint density at radius 1 is 0.705 bits per heavy atom. The van der Waals surface area contributed by atoms with Crippen molar-refractivity contribution in [1.29, 1.82) is 0 Å². The first-order valence-electron chi connectivity index (χ1n) is 19.6. The molecule has 1 aliphatic rings. The van der Waals surface area contributed by atoms with Crippen LogP contribution in [-0.4, -0.2) is 83.3 Å². The van der Waals surface area contributed by atoms with Gasteiger partial charge in [-0.2, -0.15) is 0 Å². The Morgan fingerprint density at radius 2 is 1.31 bits per heavy atom. The summed E-state index contributed by atoms with van der Waals surface area (Å²) in [5.41, 5.74) is 10.0. The molecule has 0 saturated heterocycles. The second kappa shape index (κ2) is 21.2. The Hall–Kier alpha value is -7.23. The molecule has 0 unspecified atom stereocenters. The second-order valence-corrected chi connectivity index (χ2v) is 14.9. The van der Waals surface area contributed by atoms with E-state index in [1.807, 2.05) is 68.4 Å². The van der Waals surface area contributed by atoms with Gasteiger partial charge in [-0.3, -0.25) is 19.2 Å². The summed E-state index contributed by atoms with van der Waals surface area (Å²) in [5.74, 6) is -6.69. The maximum atomic E-state index is 14.2. The second-order valence-electron chi connectivity index (χ2n) is 14.9. The zero-order valence-corrected chi connectivity index (χ0v) is 33.6. The molecule has 0 spiro atoms. The van der Waals surface area contributed by atoms with E-state index in [0.29, 0.717) is 0 Å². The number of fused-ring (bicyclic) bond motifs is 3. The van der Waals surface area contributed by atoms with Gasteiger partial charge < -0.3 is 46.1 Å². The van der Waals surface area contributed by atoms with Crippen LogP contribution in [0.2, 0.25) is 0 Å². The van der Waals surface area contributed by atoms with E-state index >= 15 is 0 Å². The Balaban J connectivity index is 1.38. The summed E-state index contributed by atoms with van der Waals surface area (Å²) in [6.07, 6.45) is -1.77. The number of benzene rings is 4. The fraction of sp³-hybridized carbons (Fsp3) is 0.311. The molecule has 4 aromatic carbocycles. The molecule has 0 aromatic heterocycles. The van der Waals surface area contributed by atoms with E-state index in [1.165, 1.54) is 12.1 Å². The van der Waals surface area contributed by atoms with Crippen molar-refractivity contribution in [3.63, 3.8) is 0 Å². The van der Waals surface area contributed by atoms with Gasteiger partial charge in [0.1, 0.15) is 42.7 Å². The maximum Gasteiger partial charge on any atom is 0.407 e. The molecular weight excluding hydrogens is 789 g/mol. The van der Waals surface area contributed by atoms with Crippen LogP contribution in [0.5, 0.6) is 5.75 Å². The summed E-state index contributed by atoms with van der Waals surface area (Å²) in [6.45, 7) is 2.69. The zero-order valence-electron chi connectivity index (χ0n) is 33.6. The predicted molar refractivity (Wildman–Crippen MR) is 220 cm³/mol. The third-order valence-electron chi connectivity index (χ3n) is 9.90. The van der Waals surface area contributed by atoms with Crippen LogP contribution in [0.15, 0.2) is 97.1 Å². The standard InChI is InChI=1S/C45H48N4O12/c1-26(2)20-36(41(46)53)47-43(55)37(22-28-16-18-38(59-25-39(50)51)33(21-28)44(56)57)48-42(54)35(17-19-40(52)60-23-27-10-4-3-5-11-27)49-45(58)61-24-34-31-14-8-6-12-29(31)30-13-7-9-15-32(30)34/h3-16,18,21,26,34-37H,17,19-20,22-25H2,1-2H3,(H2,46,53)(H,47,55)(H,48,54)(H,49,58)(H,50,51)(H,56,57)/t35-,36-,37-/m0/s1. The molecule has 5 rings (SSSR count). The maximum absolute atomic E-state index is 14.2. The summed E-state index contributed by atoms with van der Waals surface area (Å²) in [4.78, 5) is 90.0. The molecule has 4 aromatic rings. The van der Waals surface area contributed by atoms with E-state index in [0.717, 1.165) is 33.9 Å². The summed E-state index contributed by atoms with van der Waals surface area (Å²) in [6, 6.07) is 24.1. The van der Waals surface area contributed by atoms with Crippen molar-refractivity contribution in [3.8, 4) is 16.9 Å². The molecule has 16 heteroatoms. The van der Waals surface area contributed by atoms with Crippen molar-refractivity contribution in [2.75, 3.05) is 13.2 Å². The van der Waals surface area contributed by atoms with Gasteiger partial charge in [0, 0.05) is 18.8 Å². The summed E-state index contributed by atoms with van der Waals surface area (Å²) < 4.78 is 16.2. The quantitative estimate of drug-likeness (QED) is 0.0643. The van der Waals surface area contributed by atoms with Crippen molar-refractivity contribution in [2.24, 2.45) is 11.7 Å². The normalized spacial score (nSPS) is 13.1. The summed E-state index contributed by atoms with van der Waals surface area (Å²) in [5, 5.41) is 26.6. The van der Waals surface area contributed by atoms with Gasteiger partial charge in [0.25, 0.3) is 0 Å². The molecule has 0 bridgehead atoms. The Kier molecular flexibility index (Phi) is 15.6. The Bertz CT molecular complexity index is 2200. The summed E-state index contributed by atoms with van der Waals surface area (Å²) in [7, 11) is 0. The van der Waals surface area contributed by atoms with Crippen LogP contribution in [0.25, 0.3) is 11.1 Å². The molecule has 0 radical (unpaired) electrons. The fourth-order valence-electron chi connectivity index (χ4n) is 6.97. The number of hydrogen-bond donors (Lipinski definition) is 6. The molecule has 0 fully saturated rings. The monoisotopic (exact) mass is 836 g/mol. The lowest BCUT2D eigenvalue weighted by molar-refractivity contribution is -0.145. The van der Waals surface area contributed by atoms with Gasteiger partial charge in [-0.25, -0.2) is 14.4 Å². The minimum atomic E-state index is -1.49. The van der Waals surface area contributed by atoms with Gasteiger partial charge in [0.2, 0.25) is 17.7 Å². The minimum absolute atomic E-state index is 0.0333. The molecule has 320 valence electrons. The molecular formula is C45H48N4O12. The van der Waals surface area contributed by atoms with E-state index in [9.17, 15) is 38.7 Å². The number of carboxylic acid groups (broad SMARTS) is 2. The van der Waals surface area contributed by atoms with Crippen molar-refractivity contribution < 1.29 is 58.0 Å². The van der Waals surface area contributed by atoms with Crippen LogP contribution in [0.4, 0.5) is 4.79 Å². The van der Waals surface area contributed by atoms with E-state index in [1.54, 1.807) is 24.3 Å². The highest BCUT2D eigenvalue weighted by molar-refractivity contribution is 5.94. The van der Waals surface area contributed by atoms with E-state index in [4.69, 9.17) is 25.1 Å². The van der Waals surface area contributed by atoms with Gasteiger partial charge >= 0.3 is 24.0 Å². The lowest BCUT2D eigenvalue weighted by atomic mass is 9.98. The smallest absolute Gasteiger partial charge is 0.407 e. The molecule has 61 heavy (non-hydrogen) atoms. The van der Waals surface area contributed by atoms with Gasteiger partial charge in [-0.15, -0.1) is 0 Å². The number of nitrogens with one attached hydrogen (secondary N) is 3. The first-order chi connectivity index (χ1) is 29.2. The SMILES string of the molecule is CC(C)C[C@H](NC(=O)[C@H](Cc1ccc(OCC(=O)O)c(C(=O)O)c1)NC(=O)[C@H](CCC(=O)OCc1ccccc1)NC(=O)OCC1c2ccccc2-c2ccccc21)C(N)=O. The van der Waals surface area contributed by atoms with Crippen LogP contribution in [0.1, 0.15) is 71.6 Å². The van der Waals surface area contributed by atoms with Crippen molar-refractivity contribution in [1.82, 2.24) is 16.0 Å². The van der Waals surface area contributed by atoms with Gasteiger partial charge in [0.15, 0.2) is 6.61 Å². The first kappa shape index (κ1) is 44.9. The Morgan fingerprint density at radius 3 is 1.92 bits per heavy atom. The van der Waals surface area contributed by atoms with Gasteiger partial charge in [0.05, 0.1) is 0 Å². The number of esters is 1. The van der Waals surface area contributed by atoms with E-state index in [-0.39, 0.29) is 62.0 Å². The van der Waals surface area contributed by atoms with Crippen LogP contribution < -0.4 is 26.4 Å². The zero-order chi connectivity index (χ0) is 44.1. The largest absolute Gasteiger partial charge is 0.481 e. The highest BCUT2D eigenvalue weighted by atomic mass is 16.5. The fourth-order valence-corrected chi connectivity index (χ4v) is 6.97. The molecule has 16 nitrogen and oxygen atoms in total. The number of primary amides is 1. The third-order valence-corrected chi connectivity index (χ3v) is 9.90. The molecule has 7 N–H and O–H groups in total. The van der Waals surface area contributed by atoms with Gasteiger partial charge in [-0.05, 0) is 64.3 Å². The number of rotatable bonds is 21. The number of carbonyl (C=O) groups excluding carboxylic acids is 5. The highest BCUT2D eigenvalue weighted by Gasteiger charge is 2.33. The Labute approximate surface area is 351 Å². The first-order valence-corrected chi connectivity index (χ1v) is 19.6. The highest BCUT2D eigenvalue weighted by Crippen LogP contribution is 2.44. The molecule has 1 aliphatic carbocycles. The number of aliphatic carboxylic acids is 1. The number of amides is 4. The van der Waals surface area contributed by atoms with Crippen molar-refractivity contribution >= 4 is 41.7 Å². The number of ether oxygens (including phenoxy) is 3. The van der Waals surface area contributed by atoms with Crippen LogP contribution in [-0.2, 0) is 46.5 Å². The van der Waals surface area contributed by atoms with Crippen LogP contribution >= 0.6 is 0 Å².